The summed E-state index contributed by atoms with van der Waals surface area (Å²) < 4.78 is 0. The van der Waals surface area contributed by atoms with Crippen LogP contribution in [0, 0.1) is 0 Å². The summed E-state index contributed by atoms with van der Waals surface area (Å²) in [4.78, 5) is 12.0. The van der Waals surface area contributed by atoms with Gasteiger partial charge in [0.15, 0.2) is 0 Å². The Morgan fingerprint density at radius 3 is 2.38 bits per heavy atom. The zero-order chi connectivity index (χ0) is 6.57. The molecule has 0 fully saturated rings. The van der Waals surface area contributed by atoms with E-state index in [1.165, 1.54) is 4.81 Å². The molecule has 0 aliphatic rings. The van der Waals surface area contributed by atoms with E-state index in [0.29, 0.717) is 0 Å². The van der Waals surface area contributed by atoms with E-state index in [9.17, 15) is 4.79 Å². The summed E-state index contributed by atoms with van der Waals surface area (Å²) in [6.45, 7) is 1.80. The Morgan fingerprint density at radius 1 is 1.75 bits per heavy atom. The second kappa shape index (κ2) is 3.35. The van der Waals surface area contributed by atoms with Gasteiger partial charge in [-0.1, -0.05) is 6.82 Å². The fraction of sp³-hybridized carbons (Fsp3) is 0.750. The van der Waals surface area contributed by atoms with Gasteiger partial charge in [0.25, 0.3) is 0 Å². The molecule has 45 valence electrons. The van der Waals surface area contributed by atoms with Crippen molar-refractivity contribution in [2.75, 3.05) is 14.1 Å². The molecule has 0 aromatic rings. The van der Waals surface area contributed by atoms with E-state index < -0.39 is 0 Å². The number of nitrogens with zero attached hydrogens (tertiary/aromatic N) is 1. The van der Waals surface area contributed by atoms with E-state index in [-0.39, 0.29) is 6.03 Å². The van der Waals surface area contributed by atoms with E-state index in [4.69, 9.17) is 0 Å². The van der Waals surface area contributed by atoms with Gasteiger partial charge in [-0.05, 0) is 7.05 Å². The first-order valence-electron chi connectivity index (χ1n) is 2.46. The van der Waals surface area contributed by atoms with Crippen molar-refractivity contribution in [3.63, 3.8) is 0 Å². The van der Waals surface area contributed by atoms with Crippen molar-refractivity contribution >= 4 is 13.4 Å². The number of carbonyl (C=O) groups is 1. The molecular weight excluding hydrogens is 103 g/mol. The van der Waals surface area contributed by atoms with Gasteiger partial charge in [-0.15, -0.1) is 0 Å². The molecule has 3 nitrogen and oxygen atoms in total. The summed E-state index contributed by atoms with van der Waals surface area (Å²) in [5.41, 5.74) is 0. The standard InChI is InChI=1S/C4H10BN2O/c1-5-7(3)4(8)6-2/h1-3H3,(H,6,8). The molecule has 0 saturated carbocycles. The van der Waals surface area contributed by atoms with Crippen molar-refractivity contribution in [1.82, 2.24) is 10.1 Å². The lowest BCUT2D eigenvalue weighted by Crippen LogP contribution is -2.36. The first-order chi connectivity index (χ1) is 3.72. The molecule has 8 heavy (non-hydrogen) atoms. The summed E-state index contributed by atoms with van der Waals surface area (Å²) in [5.74, 6) is 0. The average molecular weight is 113 g/mol. The number of hydrogen-bond acceptors (Lipinski definition) is 1. The van der Waals surface area contributed by atoms with Gasteiger partial charge in [0.05, 0.1) is 0 Å². The van der Waals surface area contributed by atoms with Crippen LogP contribution in [0.2, 0.25) is 6.82 Å². The number of carbonyl (C=O) groups excluding carboxylic acids is 1. The minimum atomic E-state index is -0.0903. The zero-order valence-electron chi connectivity index (χ0n) is 5.43. The maximum Gasteiger partial charge on any atom is 0.304 e. The third-order valence-electron chi connectivity index (χ3n) is 0.922. The molecule has 0 heterocycles. The Balaban J connectivity index is 3.46. The molecule has 0 spiro atoms. The number of urea groups is 1. The van der Waals surface area contributed by atoms with Gasteiger partial charge in [-0.3, -0.25) is 4.79 Å². The first kappa shape index (κ1) is 7.33. The Hall–Kier alpha value is -0.665. The summed E-state index contributed by atoms with van der Waals surface area (Å²) in [5, 5.41) is 2.47. The summed E-state index contributed by atoms with van der Waals surface area (Å²) in [6, 6.07) is -0.0903. The maximum absolute atomic E-state index is 10.5. The molecule has 0 saturated heterocycles. The van der Waals surface area contributed by atoms with Crippen molar-refractivity contribution in [3.05, 3.63) is 0 Å². The molecule has 0 rings (SSSR count). The SMILES string of the molecule is C[B]N(C)C(=O)NC. The van der Waals surface area contributed by atoms with Crippen LogP contribution in [0.1, 0.15) is 0 Å². The van der Waals surface area contributed by atoms with Gasteiger partial charge in [-0.25, -0.2) is 0 Å². The zero-order valence-corrected chi connectivity index (χ0v) is 5.43. The Kier molecular flexibility index (Phi) is 3.07. The molecule has 0 aromatic heterocycles. The summed E-state index contributed by atoms with van der Waals surface area (Å²) in [6.07, 6.45) is 0. The molecule has 0 aromatic carbocycles. The number of nitrogens with one attached hydrogen (secondary N) is 1. The van der Waals surface area contributed by atoms with Crippen LogP contribution in [0.3, 0.4) is 0 Å². The molecule has 0 aliphatic carbocycles. The normalized spacial score (nSPS) is 7.88. The predicted molar refractivity (Wildman–Crippen MR) is 33.8 cm³/mol. The van der Waals surface area contributed by atoms with E-state index >= 15 is 0 Å². The van der Waals surface area contributed by atoms with E-state index in [2.05, 4.69) is 5.32 Å². The second-order valence-electron chi connectivity index (χ2n) is 1.42. The molecule has 2 amide bonds. The minimum absolute atomic E-state index is 0.0903. The van der Waals surface area contributed by atoms with Crippen molar-refractivity contribution in [1.29, 1.82) is 0 Å². The molecule has 1 N–H and O–H groups in total. The minimum Gasteiger partial charge on any atom is -0.377 e. The van der Waals surface area contributed by atoms with Gasteiger partial charge in [0.2, 0.25) is 7.41 Å². The van der Waals surface area contributed by atoms with Gasteiger partial charge in [0.1, 0.15) is 0 Å². The van der Waals surface area contributed by atoms with Crippen LogP contribution >= 0.6 is 0 Å². The lowest BCUT2D eigenvalue weighted by atomic mass is 9.98. The Bertz CT molecular complexity index is 86.1. The highest BCUT2D eigenvalue weighted by atomic mass is 16.2. The third kappa shape index (κ3) is 1.86. The smallest absolute Gasteiger partial charge is 0.304 e. The van der Waals surface area contributed by atoms with Crippen molar-refractivity contribution in [3.8, 4) is 0 Å². The predicted octanol–water partition coefficient (Wildman–Crippen LogP) is -0.0751. The Morgan fingerprint density at radius 2 is 2.25 bits per heavy atom. The fourth-order valence-corrected chi connectivity index (χ4v) is 0.294. The lowest BCUT2D eigenvalue weighted by Gasteiger charge is -2.11. The van der Waals surface area contributed by atoms with Crippen LogP contribution in [-0.4, -0.2) is 32.4 Å². The second-order valence-corrected chi connectivity index (χ2v) is 1.42. The van der Waals surface area contributed by atoms with E-state index in [1.807, 2.05) is 0 Å². The summed E-state index contributed by atoms with van der Waals surface area (Å²) >= 11 is 0. The topological polar surface area (TPSA) is 32.3 Å². The van der Waals surface area contributed by atoms with Crippen LogP contribution in [0.15, 0.2) is 0 Å². The number of rotatable bonds is 1. The maximum atomic E-state index is 10.5. The van der Waals surface area contributed by atoms with Crippen molar-refractivity contribution in [2.45, 2.75) is 6.82 Å². The van der Waals surface area contributed by atoms with Crippen LogP contribution in [0.5, 0.6) is 0 Å². The average Bonchev–Trinajstić information content (AvgIpc) is 1.84. The van der Waals surface area contributed by atoms with Crippen LogP contribution in [0.4, 0.5) is 4.79 Å². The highest BCUT2D eigenvalue weighted by molar-refractivity contribution is 6.34. The van der Waals surface area contributed by atoms with Crippen LogP contribution < -0.4 is 5.32 Å². The van der Waals surface area contributed by atoms with Gasteiger partial charge < -0.3 is 10.1 Å². The molecule has 0 unspecified atom stereocenters. The van der Waals surface area contributed by atoms with Gasteiger partial charge >= 0.3 is 6.03 Å². The van der Waals surface area contributed by atoms with Crippen molar-refractivity contribution < 1.29 is 4.79 Å². The summed E-state index contributed by atoms with van der Waals surface area (Å²) in [7, 11) is 4.99. The van der Waals surface area contributed by atoms with Crippen LogP contribution in [-0.2, 0) is 0 Å². The molecular formula is C4H10BN2O. The highest BCUT2D eigenvalue weighted by Crippen LogP contribution is 1.76. The molecule has 0 atom stereocenters. The highest BCUT2D eigenvalue weighted by Gasteiger charge is 2.00. The van der Waals surface area contributed by atoms with Crippen LogP contribution in [0.25, 0.3) is 0 Å². The molecule has 4 heteroatoms. The lowest BCUT2D eigenvalue weighted by molar-refractivity contribution is 0.231. The monoisotopic (exact) mass is 113 g/mol. The number of amides is 2. The molecule has 0 bridgehead atoms. The fourth-order valence-electron chi connectivity index (χ4n) is 0.294. The largest absolute Gasteiger partial charge is 0.377 e. The molecule has 0 aliphatic heterocycles. The van der Waals surface area contributed by atoms with E-state index in [0.717, 1.165) is 0 Å². The van der Waals surface area contributed by atoms with E-state index in [1.54, 1.807) is 28.3 Å². The third-order valence-corrected chi connectivity index (χ3v) is 0.922. The molecule has 1 radical (unpaired) electrons. The van der Waals surface area contributed by atoms with Gasteiger partial charge in [-0.2, -0.15) is 0 Å². The quantitative estimate of drug-likeness (QED) is 0.474. The van der Waals surface area contributed by atoms with Crippen molar-refractivity contribution in [2.24, 2.45) is 0 Å². The Labute approximate surface area is 50.3 Å². The first-order valence-corrected chi connectivity index (χ1v) is 2.46. The van der Waals surface area contributed by atoms with Gasteiger partial charge in [0, 0.05) is 7.05 Å². The number of hydrogen-bond donors (Lipinski definition) is 1.